The molecule has 0 aromatic rings. The highest BCUT2D eigenvalue weighted by atomic mass is 16.7. The van der Waals surface area contributed by atoms with E-state index in [1.807, 2.05) is 48.5 Å². The zero-order valence-electron chi connectivity index (χ0n) is 21.0. The SMILES string of the molecule is CC(=O)N[C@H](C(=O)N1CCC[C@H]1C(=O)N[C@H](C=O)C(C)C)C(C)C.CCOC(C)OCC. The average molecular weight is 458 g/mol. The van der Waals surface area contributed by atoms with Crippen molar-refractivity contribution in [3.05, 3.63) is 0 Å². The quantitative estimate of drug-likeness (QED) is 0.362. The topological polar surface area (TPSA) is 114 Å². The predicted octanol–water partition coefficient (Wildman–Crippen LogP) is 1.88. The van der Waals surface area contributed by atoms with Crippen LogP contribution in [0.25, 0.3) is 0 Å². The molecular weight excluding hydrogens is 414 g/mol. The fraction of sp³-hybridized carbons (Fsp3) is 0.826. The summed E-state index contributed by atoms with van der Waals surface area (Å²) in [6, 6.07) is -1.80. The number of amides is 3. The molecule has 2 N–H and O–H groups in total. The third-order valence-corrected chi connectivity index (χ3v) is 5.11. The van der Waals surface area contributed by atoms with Crippen LogP contribution in [0.3, 0.4) is 0 Å². The number of nitrogens with zero attached hydrogens (tertiary/aromatic N) is 1. The van der Waals surface area contributed by atoms with Crippen LogP contribution in [-0.2, 0) is 28.7 Å². The average Bonchev–Trinajstić information content (AvgIpc) is 3.20. The van der Waals surface area contributed by atoms with Crippen LogP contribution in [0.1, 0.15) is 68.2 Å². The molecule has 1 aliphatic rings. The molecule has 1 aliphatic heterocycles. The van der Waals surface area contributed by atoms with Crippen molar-refractivity contribution in [3.8, 4) is 0 Å². The van der Waals surface area contributed by atoms with E-state index < -0.39 is 18.1 Å². The molecule has 0 aromatic heterocycles. The van der Waals surface area contributed by atoms with E-state index in [9.17, 15) is 19.2 Å². The summed E-state index contributed by atoms with van der Waals surface area (Å²) < 4.78 is 10.1. The molecule has 0 spiro atoms. The Morgan fingerprint density at radius 3 is 1.97 bits per heavy atom. The molecule has 0 aromatic carbocycles. The van der Waals surface area contributed by atoms with Crippen LogP contribution in [0.4, 0.5) is 0 Å². The number of aldehydes is 1. The summed E-state index contributed by atoms with van der Waals surface area (Å²) in [6.45, 7) is 16.5. The van der Waals surface area contributed by atoms with Gasteiger partial charge < -0.3 is 29.8 Å². The standard InChI is InChI=1S/C17H29N3O4.C6H14O2/c1-10(2)13(9-21)19-16(23)14-7-6-8-20(14)17(24)15(11(3)4)18-12(5)22;1-4-7-6(3)8-5-2/h9-11,13-15H,6-8H2,1-5H3,(H,18,22)(H,19,23);6H,4-5H2,1-3H3/t13-,14+,15+;/m1./s1. The summed E-state index contributed by atoms with van der Waals surface area (Å²) in [6.07, 6.45) is 1.97. The lowest BCUT2D eigenvalue weighted by Crippen LogP contribution is -2.56. The van der Waals surface area contributed by atoms with Crippen molar-refractivity contribution < 1.29 is 28.7 Å². The predicted molar refractivity (Wildman–Crippen MR) is 123 cm³/mol. The summed E-state index contributed by atoms with van der Waals surface area (Å²) in [5, 5.41) is 5.38. The lowest BCUT2D eigenvalue weighted by molar-refractivity contribution is -0.142. The van der Waals surface area contributed by atoms with Crippen LogP contribution in [0, 0.1) is 11.8 Å². The second kappa shape index (κ2) is 15.7. The minimum Gasteiger partial charge on any atom is -0.353 e. The Bertz CT molecular complexity index is 590. The maximum Gasteiger partial charge on any atom is 0.246 e. The molecule has 1 saturated heterocycles. The van der Waals surface area contributed by atoms with Gasteiger partial charge in [0.2, 0.25) is 17.7 Å². The summed E-state index contributed by atoms with van der Waals surface area (Å²) in [5.74, 6) is -0.922. The molecule has 0 radical (unpaired) electrons. The Balaban J connectivity index is 0.00000102. The highest BCUT2D eigenvalue weighted by Gasteiger charge is 2.38. The maximum atomic E-state index is 12.8. The van der Waals surface area contributed by atoms with Gasteiger partial charge >= 0.3 is 0 Å². The van der Waals surface area contributed by atoms with E-state index in [0.717, 1.165) is 25.9 Å². The number of nitrogens with one attached hydrogen (secondary N) is 2. The molecule has 9 heteroatoms. The smallest absolute Gasteiger partial charge is 0.246 e. The second-order valence-corrected chi connectivity index (χ2v) is 8.50. The fourth-order valence-corrected chi connectivity index (χ4v) is 3.35. The molecule has 0 aliphatic carbocycles. The highest BCUT2D eigenvalue weighted by Crippen LogP contribution is 2.21. The van der Waals surface area contributed by atoms with Gasteiger partial charge in [0.15, 0.2) is 6.29 Å². The van der Waals surface area contributed by atoms with Crippen LogP contribution in [0.5, 0.6) is 0 Å². The minimum absolute atomic E-state index is 0.0141. The van der Waals surface area contributed by atoms with Crippen molar-refractivity contribution in [3.63, 3.8) is 0 Å². The van der Waals surface area contributed by atoms with Crippen molar-refractivity contribution >= 4 is 24.0 Å². The van der Waals surface area contributed by atoms with Gasteiger partial charge in [-0.05, 0) is 45.4 Å². The third kappa shape index (κ3) is 10.5. The van der Waals surface area contributed by atoms with Gasteiger partial charge in [-0.3, -0.25) is 14.4 Å². The molecule has 1 fully saturated rings. The maximum absolute atomic E-state index is 12.8. The zero-order chi connectivity index (χ0) is 24.8. The van der Waals surface area contributed by atoms with Crippen molar-refractivity contribution in [2.75, 3.05) is 19.8 Å². The summed E-state index contributed by atoms with van der Waals surface area (Å²) in [5.41, 5.74) is 0. The van der Waals surface area contributed by atoms with E-state index in [1.54, 1.807) is 0 Å². The van der Waals surface area contributed by atoms with Gasteiger partial charge in [0, 0.05) is 26.7 Å². The lowest BCUT2D eigenvalue weighted by atomic mass is 10.0. The van der Waals surface area contributed by atoms with Gasteiger partial charge in [-0.25, -0.2) is 0 Å². The van der Waals surface area contributed by atoms with E-state index in [1.165, 1.54) is 11.8 Å². The van der Waals surface area contributed by atoms with Gasteiger partial charge in [0.25, 0.3) is 0 Å². The molecule has 1 rings (SSSR count). The van der Waals surface area contributed by atoms with Gasteiger partial charge in [-0.1, -0.05) is 27.7 Å². The van der Waals surface area contributed by atoms with Gasteiger partial charge in [-0.2, -0.15) is 0 Å². The van der Waals surface area contributed by atoms with Gasteiger partial charge in [0.1, 0.15) is 18.4 Å². The number of hydrogen-bond acceptors (Lipinski definition) is 6. The van der Waals surface area contributed by atoms with Crippen LogP contribution in [0.15, 0.2) is 0 Å². The molecule has 0 bridgehead atoms. The first-order valence-electron chi connectivity index (χ1n) is 11.6. The number of hydrogen-bond donors (Lipinski definition) is 2. The normalized spacial score (nSPS) is 17.6. The molecule has 3 atom stereocenters. The van der Waals surface area contributed by atoms with E-state index in [0.29, 0.717) is 13.0 Å². The zero-order valence-corrected chi connectivity index (χ0v) is 21.0. The molecule has 0 saturated carbocycles. The van der Waals surface area contributed by atoms with Crippen molar-refractivity contribution in [2.24, 2.45) is 11.8 Å². The van der Waals surface area contributed by atoms with E-state index >= 15 is 0 Å². The van der Waals surface area contributed by atoms with E-state index in [-0.39, 0.29) is 35.8 Å². The van der Waals surface area contributed by atoms with E-state index in [2.05, 4.69) is 10.6 Å². The number of likely N-dealkylation sites (tertiary alicyclic amines) is 1. The summed E-state index contributed by atoms with van der Waals surface area (Å²) >= 11 is 0. The van der Waals surface area contributed by atoms with Crippen molar-refractivity contribution in [1.29, 1.82) is 0 Å². The number of ether oxygens (including phenoxy) is 2. The number of carbonyl (C=O) groups excluding carboxylic acids is 4. The number of carbonyl (C=O) groups is 4. The Morgan fingerprint density at radius 1 is 1.00 bits per heavy atom. The first kappa shape index (κ1) is 30.0. The third-order valence-electron chi connectivity index (χ3n) is 5.11. The molecule has 1 heterocycles. The molecule has 3 amide bonds. The molecule has 9 nitrogen and oxygen atoms in total. The molecule has 0 unspecified atom stereocenters. The van der Waals surface area contributed by atoms with Crippen LogP contribution >= 0.6 is 0 Å². The van der Waals surface area contributed by atoms with E-state index in [4.69, 9.17) is 9.47 Å². The highest BCUT2D eigenvalue weighted by molar-refractivity contribution is 5.93. The Hall–Kier alpha value is -2.00. The van der Waals surface area contributed by atoms with Crippen LogP contribution < -0.4 is 10.6 Å². The summed E-state index contributed by atoms with van der Waals surface area (Å²) in [4.78, 5) is 49.3. The Labute approximate surface area is 193 Å². The second-order valence-electron chi connectivity index (χ2n) is 8.50. The molecular formula is C23H43N3O6. The largest absolute Gasteiger partial charge is 0.353 e. The van der Waals surface area contributed by atoms with Crippen molar-refractivity contribution in [2.45, 2.75) is 92.6 Å². The molecule has 186 valence electrons. The van der Waals surface area contributed by atoms with Crippen LogP contribution in [-0.4, -0.2) is 73.1 Å². The van der Waals surface area contributed by atoms with Crippen LogP contribution in [0.2, 0.25) is 0 Å². The first-order valence-corrected chi connectivity index (χ1v) is 11.6. The molecule has 32 heavy (non-hydrogen) atoms. The Morgan fingerprint density at radius 2 is 1.56 bits per heavy atom. The Kier molecular flexibility index (Phi) is 14.8. The monoisotopic (exact) mass is 457 g/mol. The fourth-order valence-electron chi connectivity index (χ4n) is 3.35. The van der Waals surface area contributed by atoms with Gasteiger partial charge in [0.05, 0.1) is 6.04 Å². The summed E-state index contributed by atoms with van der Waals surface area (Å²) in [7, 11) is 0. The number of rotatable bonds is 11. The first-order chi connectivity index (χ1) is 15.0. The van der Waals surface area contributed by atoms with Crippen molar-refractivity contribution in [1.82, 2.24) is 15.5 Å². The van der Waals surface area contributed by atoms with Gasteiger partial charge in [-0.15, -0.1) is 0 Å². The minimum atomic E-state index is -0.650. The lowest BCUT2D eigenvalue weighted by Gasteiger charge is -2.31.